The Morgan fingerprint density at radius 3 is 3.21 bits per heavy atom. The summed E-state index contributed by atoms with van der Waals surface area (Å²) in [6, 6.07) is 0. The van der Waals surface area contributed by atoms with Gasteiger partial charge < -0.3 is 9.84 Å². The molecule has 2 atom stereocenters. The largest absolute Gasteiger partial charge is 0.359 e. The van der Waals surface area contributed by atoms with Crippen LogP contribution in [-0.2, 0) is 6.54 Å². The van der Waals surface area contributed by atoms with E-state index in [0.29, 0.717) is 18.3 Å². The van der Waals surface area contributed by atoms with Crippen molar-refractivity contribution in [1.82, 2.24) is 15.5 Å². The van der Waals surface area contributed by atoms with Gasteiger partial charge in [0.2, 0.25) is 5.89 Å². The lowest BCUT2D eigenvalue weighted by Crippen LogP contribution is -2.47. The molecule has 6 heteroatoms. The molecule has 1 aromatic heterocycles. The van der Waals surface area contributed by atoms with Crippen LogP contribution >= 0.6 is 11.8 Å². The highest BCUT2D eigenvalue weighted by Gasteiger charge is 2.40. The Kier molecular flexibility index (Phi) is 3.52. The van der Waals surface area contributed by atoms with Crippen LogP contribution in [0.3, 0.4) is 0 Å². The van der Waals surface area contributed by atoms with E-state index in [9.17, 15) is 0 Å². The van der Waals surface area contributed by atoms with Crippen LogP contribution in [0.5, 0.6) is 0 Å². The summed E-state index contributed by atoms with van der Waals surface area (Å²) in [5.41, 5.74) is 0.284. The molecule has 2 unspecified atom stereocenters. The van der Waals surface area contributed by atoms with E-state index in [1.165, 1.54) is 25.7 Å². The van der Waals surface area contributed by atoms with Gasteiger partial charge in [-0.3, -0.25) is 4.99 Å². The fourth-order valence-electron chi connectivity index (χ4n) is 3.04. The maximum absolute atomic E-state index is 5.07. The lowest BCUT2D eigenvalue weighted by atomic mass is 9.78. The number of hydrogen-bond acceptors (Lipinski definition) is 5. The first-order chi connectivity index (χ1) is 9.15. The van der Waals surface area contributed by atoms with Gasteiger partial charge in [-0.15, -0.1) is 0 Å². The smallest absolute Gasteiger partial charge is 0.248 e. The van der Waals surface area contributed by atoms with Gasteiger partial charge in [0, 0.05) is 11.3 Å². The molecule has 0 radical (unpaired) electrons. The molecule has 19 heavy (non-hydrogen) atoms. The number of nitrogens with zero attached hydrogens (tertiary/aromatic N) is 3. The minimum Gasteiger partial charge on any atom is -0.359 e. The molecular weight excluding hydrogens is 260 g/mol. The second kappa shape index (κ2) is 5.15. The van der Waals surface area contributed by atoms with Gasteiger partial charge in [-0.05, 0) is 25.7 Å². The number of aliphatic imine (C=N–C) groups is 1. The average Bonchev–Trinajstić information content (AvgIpc) is 2.94. The third-order valence-electron chi connectivity index (χ3n) is 3.88. The van der Waals surface area contributed by atoms with E-state index in [2.05, 4.69) is 27.4 Å². The van der Waals surface area contributed by atoms with E-state index in [0.717, 1.165) is 16.8 Å². The molecule has 1 saturated carbocycles. The van der Waals surface area contributed by atoms with Crippen molar-refractivity contribution >= 4 is 16.9 Å². The molecule has 0 amide bonds. The summed E-state index contributed by atoms with van der Waals surface area (Å²) in [4.78, 5) is 8.72. The summed E-state index contributed by atoms with van der Waals surface area (Å²) in [7, 11) is 0. The molecule has 1 N–H and O–H groups in total. The summed E-state index contributed by atoms with van der Waals surface area (Å²) in [6.45, 7) is 4.65. The highest BCUT2D eigenvalue weighted by Crippen LogP contribution is 2.38. The number of thioether (sulfide) groups is 1. The molecule has 1 aromatic rings. The second-order valence-corrected chi connectivity index (χ2v) is 6.72. The van der Waals surface area contributed by atoms with E-state index in [-0.39, 0.29) is 5.54 Å². The normalized spacial score (nSPS) is 32.9. The molecular formula is C13H20N4OS. The van der Waals surface area contributed by atoms with Gasteiger partial charge in [0.25, 0.3) is 0 Å². The Bertz CT molecular complexity index is 487. The van der Waals surface area contributed by atoms with Crippen LogP contribution in [0.2, 0.25) is 0 Å². The fourth-order valence-corrected chi connectivity index (χ4v) is 4.23. The molecule has 2 heterocycles. The molecule has 3 rings (SSSR count). The SMILES string of the molecule is Cc1noc(CN=C2NC3(CCCC(C)C3)CS2)n1. The zero-order chi connectivity index (χ0) is 13.3. The summed E-state index contributed by atoms with van der Waals surface area (Å²) < 4.78 is 5.07. The van der Waals surface area contributed by atoms with Crippen LogP contribution in [0, 0.1) is 12.8 Å². The van der Waals surface area contributed by atoms with Crippen molar-refractivity contribution in [2.45, 2.75) is 51.6 Å². The molecule has 1 saturated heterocycles. The summed E-state index contributed by atoms with van der Waals surface area (Å²) >= 11 is 1.82. The highest BCUT2D eigenvalue weighted by molar-refractivity contribution is 8.14. The topological polar surface area (TPSA) is 63.3 Å². The van der Waals surface area contributed by atoms with Crippen LogP contribution in [0.15, 0.2) is 9.52 Å². The quantitative estimate of drug-likeness (QED) is 0.902. The fraction of sp³-hybridized carbons (Fsp3) is 0.769. The molecule has 1 aliphatic carbocycles. The number of amidine groups is 1. The van der Waals surface area contributed by atoms with Crippen LogP contribution in [0.1, 0.15) is 44.3 Å². The summed E-state index contributed by atoms with van der Waals surface area (Å²) in [6.07, 6.45) is 5.22. The van der Waals surface area contributed by atoms with Crippen molar-refractivity contribution < 1.29 is 4.52 Å². The second-order valence-electron chi connectivity index (χ2n) is 5.75. The minimum atomic E-state index is 0.284. The Morgan fingerprint density at radius 1 is 1.58 bits per heavy atom. The maximum Gasteiger partial charge on any atom is 0.248 e. The van der Waals surface area contributed by atoms with Crippen LogP contribution in [0.25, 0.3) is 0 Å². The van der Waals surface area contributed by atoms with E-state index in [1.807, 2.05) is 18.7 Å². The summed E-state index contributed by atoms with van der Waals surface area (Å²) in [5.74, 6) is 3.21. The molecule has 5 nitrogen and oxygen atoms in total. The van der Waals surface area contributed by atoms with Crippen molar-refractivity contribution in [3.05, 3.63) is 11.7 Å². The third kappa shape index (κ3) is 2.94. The van der Waals surface area contributed by atoms with Gasteiger partial charge in [-0.25, -0.2) is 0 Å². The van der Waals surface area contributed by atoms with Gasteiger partial charge >= 0.3 is 0 Å². The van der Waals surface area contributed by atoms with Gasteiger partial charge in [0.15, 0.2) is 11.0 Å². The first kappa shape index (κ1) is 13.0. The van der Waals surface area contributed by atoms with Crippen molar-refractivity contribution in [1.29, 1.82) is 0 Å². The van der Waals surface area contributed by atoms with E-state index >= 15 is 0 Å². The highest BCUT2D eigenvalue weighted by atomic mass is 32.2. The zero-order valence-electron chi connectivity index (χ0n) is 11.5. The molecule has 2 fully saturated rings. The molecule has 104 valence electrons. The zero-order valence-corrected chi connectivity index (χ0v) is 12.3. The minimum absolute atomic E-state index is 0.284. The lowest BCUT2D eigenvalue weighted by molar-refractivity contribution is 0.242. The summed E-state index contributed by atoms with van der Waals surface area (Å²) in [5, 5.41) is 8.44. The number of nitrogens with one attached hydrogen (secondary N) is 1. The number of hydrogen-bond donors (Lipinski definition) is 1. The van der Waals surface area contributed by atoms with Gasteiger partial charge in [0.1, 0.15) is 6.54 Å². The average molecular weight is 280 g/mol. The first-order valence-corrected chi connectivity index (χ1v) is 7.88. The van der Waals surface area contributed by atoms with Gasteiger partial charge in [-0.1, -0.05) is 36.7 Å². The molecule has 0 aromatic carbocycles. The van der Waals surface area contributed by atoms with Crippen molar-refractivity contribution in [3.8, 4) is 0 Å². The third-order valence-corrected chi connectivity index (χ3v) is 5.08. The Hall–Kier alpha value is -1.04. The molecule has 1 spiro atoms. The molecule has 1 aliphatic heterocycles. The lowest BCUT2D eigenvalue weighted by Gasteiger charge is -2.36. The number of rotatable bonds is 2. The van der Waals surface area contributed by atoms with E-state index in [1.54, 1.807) is 0 Å². The van der Waals surface area contributed by atoms with Crippen molar-refractivity contribution in [2.24, 2.45) is 10.9 Å². The predicted octanol–water partition coefficient (Wildman–Crippen LogP) is 2.52. The van der Waals surface area contributed by atoms with Crippen LogP contribution in [0.4, 0.5) is 0 Å². The van der Waals surface area contributed by atoms with Crippen molar-refractivity contribution in [2.75, 3.05) is 5.75 Å². The Balaban J connectivity index is 1.62. The monoisotopic (exact) mass is 280 g/mol. The first-order valence-electron chi connectivity index (χ1n) is 6.90. The molecule has 2 aliphatic rings. The number of aromatic nitrogens is 2. The van der Waals surface area contributed by atoms with E-state index in [4.69, 9.17) is 4.52 Å². The van der Waals surface area contributed by atoms with E-state index < -0.39 is 0 Å². The standard InChI is InChI=1S/C13H20N4OS/c1-9-4-3-5-13(6-9)8-19-12(16-13)14-7-11-15-10(2)17-18-11/h9H,3-8H2,1-2H3,(H,14,16). The van der Waals surface area contributed by atoms with Crippen LogP contribution in [-0.4, -0.2) is 26.6 Å². The van der Waals surface area contributed by atoms with Gasteiger partial charge in [0.05, 0.1) is 0 Å². The predicted molar refractivity (Wildman–Crippen MR) is 76.1 cm³/mol. The Labute approximate surface area is 117 Å². The maximum atomic E-state index is 5.07. The number of aryl methyl sites for hydroxylation is 1. The molecule has 0 bridgehead atoms. The van der Waals surface area contributed by atoms with Gasteiger partial charge in [-0.2, -0.15) is 4.98 Å². The Morgan fingerprint density at radius 2 is 2.47 bits per heavy atom. The van der Waals surface area contributed by atoms with Crippen molar-refractivity contribution in [3.63, 3.8) is 0 Å². The van der Waals surface area contributed by atoms with Crippen LogP contribution < -0.4 is 5.32 Å².